The maximum absolute atomic E-state index is 8.99. The van der Waals surface area contributed by atoms with Crippen molar-refractivity contribution >= 4 is 0 Å². The second-order valence-electron chi connectivity index (χ2n) is 3.52. The second kappa shape index (κ2) is 5.83. The summed E-state index contributed by atoms with van der Waals surface area (Å²) in [4.78, 5) is 0. The summed E-state index contributed by atoms with van der Waals surface area (Å²) in [6.07, 6.45) is 5.18. The van der Waals surface area contributed by atoms with Crippen LogP contribution in [0.4, 0.5) is 0 Å². The van der Waals surface area contributed by atoms with Gasteiger partial charge in [-0.05, 0) is 25.0 Å². The Morgan fingerprint density at radius 2 is 2.29 bits per heavy atom. The molecule has 0 aromatic carbocycles. The fourth-order valence-electron chi connectivity index (χ4n) is 1.39. The van der Waals surface area contributed by atoms with Crippen LogP contribution < -0.4 is 5.32 Å². The first-order valence-corrected chi connectivity index (χ1v) is 5.29. The Bertz CT molecular complexity index is 254. The molecule has 1 aromatic rings. The molecule has 0 saturated carbocycles. The van der Waals surface area contributed by atoms with Crippen LogP contribution in [0.5, 0.6) is 0 Å². The van der Waals surface area contributed by atoms with Crippen molar-refractivity contribution in [2.75, 3.05) is 6.61 Å². The van der Waals surface area contributed by atoms with Crippen LogP contribution in [0.1, 0.15) is 25.8 Å². The van der Waals surface area contributed by atoms with Gasteiger partial charge in [0.2, 0.25) is 0 Å². The standard InChI is InChI=1S/C11H20N2O/c1-3-11(9-14)12-7-10-5-6-13(4-2)8-10/h5-6,8,11-12,14H,3-4,7,9H2,1-2H3/t11-/m0/s1. The molecule has 0 amide bonds. The Labute approximate surface area is 85.7 Å². The van der Waals surface area contributed by atoms with E-state index in [0.717, 1.165) is 19.5 Å². The molecule has 0 aliphatic rings. The minimum atomic E-state index is 0.213. The predicted octanol–water partition coefficient (Wildman–Crippen LogP) is 1.37. The molecule has 0 aliphatic carbocycles. The summed E-state index contributed by atoms with van der Waals surface area (Å²) in [5.74, 6) is 0. The number of aliphatic hydroxyl groups is 1. The van der Waals surface area contributed by atoms with E-state index in [-0.39, 0.29) is 12.6 Å². The minimum absolute atomic E-state index is 0.213. The van der Waals surface area contributed by atoms with E-state index in [1.807, 2.05) is 0 Å². The van der Waals surface area contributed by atoms with Crippen molar-refractivity contribution in [3.8, 4) is 0 Å². The summed E-state index contributed by atoms with van der Waals surface area (Å²) in [6.45, 7) is 6.26. The summed E-state index contributed by atoms with van der Waals surface area (Å²) < 4.78 is 2.15. The number of rotatable bonds is 6. The first-order chi connectivity index (χ1) is 6.80. The van der Waals surface area contributed by atoms with E-state index in [4.69, 9.17) is 5.11 Å². The van der Waals surface area contributed by atoms with Crippen molar-refractivity contribution < 1.29 is 5.11 Å². The Morgan fingerprint density at radius 1 is 1.50 bits per heavy atom. The topological polar surface area (TPSA) is 37.2 Å². The lowest BCUT2D eigenvalue weighted by atomic mass is 10.2. The number of hydrogen-bond acceptors (Lipinski definition) is 2. The molecule has 3 nitrogen and oxygen atoms in total. The van der Waals surface area contributed by atoms with Gasteiger partial charge in [-0.25, -0.2) is 0 Å². The molecule has 3 heteroatoms. The maximum atomic E-state index is 8.99. The third-order valence-electron chi connectivity index (χ3n) is 2.48. The van der Waals surface area contributed by atoms with E-state index in [0.29, 0.717) is 0 Å². The third kappa shape index (κ3) is 3.16. The van der Waals surface area contributed by atoms with E-state index >= 15 is 0 Å². The highest BCUT2D eigenvalue weighted by Crippen LogP contribution is 2.01. The van der Waals surface area contributed by atoms with Crippen LogP contribution in [0.3, 0.4) is 0 Å². The highest BCUT2D eigenvalue weighted by Gasteiger charge is 2.03. The summed E-state index contributed by atoms with van der Waals surface area (Å²) in [6, 6.07) is 2.33. The molecule has 1 aromatic heterocycles. The smallest absolute Gasteiger partial charge is 0.0584 e. The summed E-state index contributed by atoms with van der Waals surface area (Å²) in [7, 11) is 0. The van der Waals surface area contributed by atoms with E-state index in [1.165, 1.54) is 5.56 Å². The molecule has 0 spiro atoms. The zero-order valence-electron chi connectivity index (χ0n) is 9.03. The number of aromatic nitrogens is 1. The SMILES string of the molecule is CC[C@@H](CO)NCc1ccn(CC)c1. The van der Waals surface area contributed by atoms with Gasteiger partial charge in [-0.15, -0.1) is 0 Å². The van der Waals surface area contributed by atoms with Gasteiger partial charge in [0.15, 0.2) is 0 Å². The van der Waals surface area contributed by atoms with Crippen molar-refractivity contribution in [1.29, 1.82) is 0 Å². The normalized spacial score (nSPS) is 13.1. The molecular formula is C11H20N2O. The fraction of sp³-hybridized carbons (Fsp3) is 0.636. The van der Waals surface area contributed by atoms with Gasteiger partial charge in [0, 0.05) is 31.5 Å². The minimum Gasteiger partial charge on any atom is -0.395 e. The highest BCUT2D eigenvalue weighted by molar-refractivity contribution is 5.09. The molecule has 0 radical (unpaired) electrons. The Hall–Kier alpha value is -0.800. The molecule has 1 heterocycles. The zero-order valence-corrected chi connectivity index (χ0v) is 9.03. The van der Waals surface area contributed by atoms with Crippen molar-refractivity contribution in [2.45, 2.75) is 39.4 Å². The molecule has 2 N–H and O–H groups in total. The Balaban J connectivity index is 2.37. The number of aryl methyl sites for hydroxylation is 1. The molecule has 0 fully saturated rings. The van der Waals surface area contributed by atoms with Crippen LogP contribution in [0, 0.1) is 0 Å². The van der Waals surface area contributed by atoms with Gasteiger partial charge < -0.3 is 15.0 Å². The fourth-order valence-corrected chi connectivity index (χ4v) is 1.39. The van der Waals surface area contributed by atoms with Crippen LogP contribution in [-0.4, -0.2) is 22.3 Å². The first-order valence-electron chi connectivity index (χ1n) is 5.29. The van der Waals surface area contributed by atoms with E-state index in [2.05, 4.69) is 42.2 Å². The number of hydrogen-bond donors (Lipinski definition) is 2. The van der Waals surface area contributed by atoms with E-state index in [9.17, 15) is 0 Å². The summed E-state index contributed by atoms with van der Waals surface area (Å²) in [5.41, 5.74) is 1.28. The Kier molecular flexibility index (Phi) is 4.70. The molecule has 14 heavy (non-hydrogen) atoms. The van der Waals surface area contributed by atoms with Gasteiger partial charge in [-0.3, -0.25) is 0 Å². The lowest BCUT2D eigenvalue weighted by molar-refractivity contribution is 0.238. The zero-order chi connectivity index (χ0) is 10.4. The van der Waals surface area contributed by atoms with Crippen LogP contribution in [0.15, 0.2) is 18.5 Å². The molecular weight excluding hydrogens is 176 g/mol. The molecule has 0 saturated heterocycles. The molecule has 80 valence electrons. The predicted molar refractivity (Wildman–Crippen MR) is 58.1 cm³/mol. The lowest BCUT2D eigenvalue weighted by Crippen LogP contribution is -2.30. The van der Waals surface area contributed by atoms with Crippen LogP contribution in [0.25, 0.3) is 0 Å². The van der Waals surface area contributed by atoms with E-state index in [1.54, 1.807) is 0 Å². The van der Waals surface area contributed by atoms with Gasteiger partial charge in [-0.2, -0.15) is 0 Å². The molecule has 0 aliphatic heterocycles. The molecule has 1 rings (SSSR count). The van der Waals surface area contributed by atoms with Crippen molar-refractivity contribution in [3.05, 3.63) is 24.0 Å². The van der Waals surface area contributed by atoms with Gasteiger partial charge in [0.1, 0.15) is 0 Å². The van der Waals surface area contributed by atoms with Crippen molar-refractivity contribution in [2.24, 2.45) is 0 Å². The summed E-state index contributed by atoms with van der Waals surface area (Å²) >= 11 is 0. The number of nitrogens with one attached hydrogen (secondary N) is 1. The second-order valence-corrected chi connectivity index (χ2v) is 3.52. The van der Waals surface area contributed by atoms with Crippen LogP contribution in [-0.2, 0) is 13.1 Å². The molecule has 1 atom stereocenters. The van der Waals surface area contributed by atoms with Crippen LogP contribution >= 0.6 is 0 Å². The quantitative estimate of drug-likeness (QED) is 0.721. The van der Waals surface area contributed by atoms with Crippen molar-refractivity contribution in [3.63, 3.8) is 0 Å². The largest absolute Gasteiger partial charge is 0.395 e. The average molecular weight is 196 g/mol. The third-order valence-corrected chi connectivity index (χ3v) is 2.48. The summed E-state index contributed by atoms with van der Waals surface area (Å²) in [5, 5.41) is 12.3. The van der Waals surface area contributed by atoms with Crippen molar-refractivity contribution in [1.82, 2.24) is 9.88 Å². The van der Waals surface area contributed by atoms with Gasteiger partial charge in [0.25, 0.3) is 0 Å². The molecule has 0 unspecified atom stereocenters. The Morgan fingerprint density at radius 3 is 2.79 bits per heavy atom. The lowest BCUT2D eigenvalue weighted by Gasteiger charge is -2.12. The molecule has 0 bridgehead atoms. The number of nitrogens with zero attached hydrogens (tertiary/aromatic N) is 1. The van der Waals surface area contributed by atoms with E-state index < -0.39 is 0 Å². The monoisotopic (exact) mass is 196 g/mol. The van der Waals surface area contributed by atoms with Gasteiger partial charge >= 0.3 is 0 Å². The van der Waals surface area contributed by atoms with Gasteiger partial charge in [-0.1, -0.05) is 6.92 Å². The van der Waals surface area contributed by atoms with Crippen LogP contribution in [0.2, 0.25) is 0 Å². The highest BCUT2D eigenvalue weighted by atomic mass is 16.3. The number of aliphatic hydroxyl groups excluding tert-OH is 1. The van der Waals surface area contributed by atoms with Gasteiger partial charge in [0.05, 0.1) is 6.61 Å². The maximum Gasteiger partial charge on any atom is 0.0584 e. The first kappa shape index (κ1) is 11.3. The average Bonchev–Trinajstić information content (AvgIpc) is 2.67.